The molecule has 2 rings (SSSR count). The maximum absolute atomic E-state index is 11.9. The number of pyridine rings is 1. The summed E-state index contributed by atoms with van der Waals surface area (Å²) >= 11 is 3.34. The Hall–Kier alpha value is -2.76. The predicted molar refractivity (Wildman–Crippen MR) is 99.8 cm³/mol. The maximum Gasteiger partial charge on any atom is 0.278 e. The third-order valence-corrected chi connectivity index (χ3v) is 3.75. The lowest BCUT2D eigenvalue weighted by Gasteiger charge is -2.10. The molecule has 1 heterocycles. The lowest BCUT2D eigenvalue weighted by atomic mass is 10.1. The minimum absolute atomic E-state index is 0.103. The van der Waals surface area contributed by atoms with Crippen LogP contribution >= 0.6 is 15.9 Å². The fourth-order valence-electron chi connectivity index (χ4n) is 2.10. The van der Waals surface area contributed by atoms with Crippen molar-refractivity contribution in [3.63, 3.8) is 0 Å². The van der Waals surface area contributed by atoms with Crippen LogP contribution in [0.3, 0.4) is 0 Å². The van der Waals surface area contributed by atoms with Gasteiger partial charge in [0.05, 0.1) is 12.8 Å². The summed E-state index contributed by atoms with van der Waals surface area (Å²) < 4.78 is 11.4. The first-order valence-electron chi connectivity index (χ1n) is 7.63. The molecule has 0 saturated heterocycles. The van der Waals surface area contributed by atoms with Gasteiger partial charge < -0.3 is 9.47 Å². The minimum atomic E-state index is -0.459. The molecule has 0 bridgehead atoms. The van der Waals surface area contributed by atoms with Crippen LogP contribution in [-0.4, -0.2) is 30.8 Å². The number of amides is 1. The summed E-state index contributed by atoms with van der Waals surface area (Å²) in [4.78, 5) is 16.0. The monoisotopic (exact) mass is 416 g/mol. The van der Waals surface area contributed by atoms with Crippen LogP contribution in [0.2, 0.25) is 0 Å². The lowest BCUT2D eigenvalue weighted by Crippen LogP contribution is -2.25. The van der Waals surface area contributed by atoms with Crippen molar-refractivity contribution in [2.45, 2.75) is 13.5 Å². The Morgan fingerprint density at radius 3 is 2.81 bits per heavy atom. The fourth-order valence-corrected chi connectivity index (χ4v) is 2.36. The van der Waals surface area contributed by atoms with Crippen LogP contribution in [0.4, 0.5) is 0 Å². The number of aromatic nitrogens is 1. The number of rotatable bonds is 7. The van der Waals surface area contributed by atoms with Crippen LogP contribution in [0, 0.1) is 18.3 Å². The number of hydrogen-bond acceptors (Lipinski definition) is 6. The molecule has 7 nitrogen and oxygen atoms in total. The van der Waals surface area contributed by atoms with E-state index in [1.807, 2.05) is 30.3 Å². The van der Waals surface area contributed by atoms with Gasteiger partial charge in [-0.15, -0.1) is 0 Å². The molecule has 1 aromatic carbocycles. The molecule has 8 heteroatoms. The van der Waals surface area contributed by atoms with Gasteiger partial charge in [-0.05, 0) is 30.7 Å². The molecule has 2 aromatic rings. The highest BCUT2D eigenvalue weighted by atomic mass is 79.9. The maximum atomic E-state index is 11.9. The number of carbonyl (C=O) groups is 1. The molecule has 26 heavy (non-hydrogen) atoms. The first-order chi connectivity index (χ1) is 12.5. The molecule has 1 N–H and O–H groups in total. The number of ether oxygens (including phenoxy) is 2. The molecule has 0 aliphatic rings. The van der Waals surface area contributed by atoms with E-state index in [4.69, 9.17) is 9.47 Å². The van der Waals surface area contributed by atoms with Crippen LogP contribution in [0.5, 0.6) is 5.88 Å². The Morgan fingerprint density at radius 2 is 2.15 bits per heavy atom. The van der Waals surface area contributed by atoms with Gasteiger partial charge in [0.1, 0.15) is 11.6 Å². The van der Waals surface area contributed by atoms with E-state index in [1.54, 1.807) is 13.0 Å². The quantitative estimate of drug-likeness (QED) is 0.552. The summed E-state index contributed by atoms with van der Waals surface area (Å²) in [5, 5.41) is 13.2. The summed E-state index contributed by atoms with van der Waals surface area (Å²) in [6, 6.07) is 11.2. The normalized spacial score (nSPS) is 10.5. The molecule has 0 atom stereocenters. The highest BCUT2D eigenvalue weighted by molar-refractivity contribution is 9.10. The Labute approximate surface area is 159 Å². The third-order valence-electron chi connectivity index (χ3n) is 3.22. The van der Waals surface area contributed by atoms with Gasteiger partial charge in [0, 0.05) is 22.8 Å². The van der Waals surface area contributed by atoms with E-state index in [2.05, 4.69) is 31.4 Å². The van der Waals surface area contributed by atoms with Crippen molar-refractivity contribution in [1.29, 1.82) is 5.26 Å². The summed E-state index contributed by atoms with van der Waals surface area (Å²) in [7, 11) is 1.54. The minimum Gasteiger partial charge on any atom is -0.467 e. The van der Waals surface area contributed by atoms with E-state index < -0.39 is 5.91 Å². The van der Waals surface area contributed by atoms with Crippen molar-refractivity contribution in [3.8, 4) is 11.9 Å². The molecule has 1 aromatic heterocycles. The molecule has 0 spiro atoms. The number of benzene rings is 1. The number of halogens is 1. The second kappa shape index (κ2) is 9.65. The van der Waals surface area contributed by atoms with Crippen LogP contribution in [0.1, 0.15) is 22.4 Å². The zero-order valence-electron chi connectivity index (χ0n) is 14.3. The molecule has 0 unspecified atom stereocenters. The molecule has 0 aliphatic carbocycles. The molecule has 0 radical (unpaired) electrons. The van der Waals surface area contributed by atoms with Gasteiger partial charge in [0.15, 0.2) is 6.61 Å². The number of nitrogens with one attached hydrogen (secondary N) is 1. The molecule has 1 amide bonds. The molecule has 0 fully saturated rings. The summed E-state index contributed by atoms with van der Waals surface area (Å²) in [6.07, 6.45) is 1.52. The summed E-state index contributed by atoms with van der Waals surface area (Å²) in [6.45, 7) is 1.72. The SMILES string of the molecule is COCc1cc(C)nc(OCC(=O)NN=Cc2ccc(Br)cc2)c1C#N. The van der Waals surface area contributed by atoms with Crippen molar-refractivity contribution in [2.75, 3.05) is 13.7 Å². The van der Waals surface area contributed by atoms with Gasteiger partial charge in [-0.1, -0.05) is 28.1 Å². The van der Waals surface area contributed by atoms with Gasteiger partial charge >= 0.3 is 0 Å². The highest BCUT2D eigenvalue weighted by Gasteiger charge is 2.14. The van der Waals surface area contributed by atoms with Gasteiger partial charge in [0.25, 0.3) is 5.91 Å². The molecular weight excluding hydrogens is 400 g/mol. The number of hydrogen-bond donors (Lipinski definition) is 1. The van der Waals surface area contributed by atoms with Crippen molar-refractivity contribution in [2.24, 2.45) is 5.10 Å². The Kier molecular flexibility index (Phi) is 7.26. The number of methoxy groups -OCH3 is 1. The van der Waals surface area contributed by atoms with Crippen molar-refractivity contribution < 1.29 is 14.3 Å². The number of hydrazone groups is 1. The highest BCUT2D eigenvalue weighted by Crippen LogP contribution is 2.21. The number of nitrogens with zero attached hydrogens (tertiary/aromatic N) is 3. The Bertz CT molecular complexity index is 845. The Balaban J connectivity index is 1.96. The van der Waals surface area contributed by atoms with E-state index in [-0.39, 0.29) is 24.7 Å². The number of aryl methyl sites for hydroxylation is 1. The lowest BCUT2D eigenvalue weighted by molar-refractivity contribution is -0.123. The average Bonchev–Trinajstić information content (AvgIpc) is 2.62. The topological polar surface area (TPSA) is 96.6 Å². The van der Waals surface area contributed by atoms with Crippen LogP contribution in [-0.2, 0) is 16.1 Å². The van der Waals surface area contributed by atoms with E-state index >= 15 is 0 Å². The first-order valence-corrected chi connectivity index (χ1v) is 8.42. The smallest absolute Gasteiger partial charge is 0.278 e. The summed E-state index contributed by atoms with van der Waals surface area (Å²) in [5.41, 5.74) is 4.78. The van der Waals surface area contributed by atoms with Crippen molar-refractivity contribution in [3.05, 3.63) is 57.2 Å². The van der Waals surface area contributed by atoms with Crippen LogP contribution in [0.15, 0.2) is 39.9 Å². The van der Waals surface area contributed by atoms with Gasteiger partial charge in [-0.3, -0.25) is 4.79 Å². The fraction of sp³-hybridized carbons (Fsp3) is 0.222. The average molecular weight is 417 g/mol. The zero-order valence-corrected chi connectivity index (χ0v) is 15.9. The third kappa shape index (κ3) is 5.65. The number of nitriles is 1. The Morgan fingerprint density at radius 1 is 1.42 bits per heavy atom. The summed E-state index contributed by atoms with van der Waals surface area (Å²) in [5.74, 6) is -0.356. The van der Waals surface area contributed by atoms with E-state index in [0.29, 0.717) is 11.3 Å². The molecule has 134 valence electrons. The van der Waals surface area contributed by atoms with Gasteiger partial charge in [0.2, 0.25) is 5.88 Å². The second-order valence-electron chi connectivity index (χ2n) is 5.28. The largest absolute Gasteiger partial charge is 0.467 e. The molecular formula is C18H17BrN4O3. The van der Waals surface area contributed by atoms with Crippen LogP contribution < -0.4 is 10.2 Å². The van der Waals surface area contributed by atoms with E-state index in [0.717, 1.165) is 10.0 Å². The van der Waals surface area contributed by atoms with Gasteiger partial charge in [-0.2, -0.15) is 10.4 Å². The van der Waals surface area contributed by atoms with E-state index in [9.17, 15) is 10.1 Å². The predicted octanol–water partition coefficient (Wildman–Crippen LogP) is 2.70. The zero-order chi connectivity index (χ0) is 18.9. The molecule has 0 aliphatic heterocycles. The van der Waals surface area contributed by atoms with Crippen molar-refractivity contribution in [1.82, 2.24) is 10.4 Å². The van der Waals surface area contributed by atoms with Crippen LogP contribution in [0.25, 0.3) is 0 Å². The second-order valence-corrected chi connectivity index (χ2v) is 6.20. The first kappa shape index (κ1) is 19.6. The molecule has 0 saturated carbocycles. The number of carbonyl (C=O) groups excluding carboxylic acids is 1. The van der Waals surface area contributed by atoms with Crippen molar-refractivity contribution >= 4 is 28.1 Å². The van der Waals surface area contributed by atoms with Gasteiger partial charge in [-0.25, -0.2) is 10.4 Å². The van der Waals surface area contributed by atoms with E-state index in [1.165, 1.54) is 13.3 Å². The standard InChI is InChI=1S/C18H17BrN4O3/c1-12-7-14(10-25-2)16(8-20)18(22-12)26-11-17(24)23-21-9-13-3-5-15(19)6-4-13/h3-7,9H,10-11H2,1-2H3,(H,23,24).